The van der Waals surface area contributed by atoms with Gasteiger partial charge in [-0.3, -0.25) is 0 Å². The van der Waals surface area contributed by atoms with Crippen molar-refractivity contribution in [2.24, 2.45) is 5.73 Å². The summed E-state index contributed by atoms with van der Waals surface area (Å²) in [4.78, 5) is 3.77. The maximum Gasteiger partial charge on any atom is 0.130 e. The van der Waals surface area contributed by atoms with E-state index >= 15 is 0 Å². The van der Waals surface area contributed by atoms with Gasteiger partial charge in [0.25, 0.3) is 0 Å². The van der Waals surface area contributed by atoms with Gasteiger partial charge in [-0.15, -0.1) is 0 Å². The summed E-state index contributed by atoms with van der Waals surface area (Å²) in [6.45, 7) is 0.114. The molecule has 12 heavy (non-hydrogen) atoms. The van der Waals surface area contributed by atoms with E-state index in [2.05, 4.69) is 4.98 Å². The van der Waals surface area contributed by atoms with Crippen LogP contribution in [0.2, 0.25) is 10.2 Å². The molecule has 1 atom stereocenters. The Morgan fingerprint density at radius 3 is 2.75 bits per heavy atom. The lowest BCUT2D eigenvalue weighted by Gasteiger charge is -2.08. The molecule has 0 saturated carbocycles. The van der Waals surface area contributed by atoms with Crippen molar-refractivity contribution in [3.8, 4) is 0 Å². The van der Waals surface area contributed by atoms with Gasteiger partial charge in [-0.2, -0.15) is 0 Å². The predicted octanol–water partition coefficient (Wildman–Crippen LogP) is 1.38. The molecule has 3 nitrogen and oxygen atoms in total. The van der Waals surface area contributed by atoms with Crippen LogP contribution in [0.3, 0.4) is 0 Å². The van der Waals surface area contributed by atoms with E-state index < -0.39 is 6.10 Å². The molecule has 0 aliphatic rings. The highest BCUT2D eigenvalue weighted by Gasteiger charge is 2.10. The van der Waals surface area contributed by atoms with Gasteiger partial charge in [0.2, 0.25) is 0 Å². The Hall–Kier alpha value is -0.350. The van der Waals surface area contributed by atoms with Crippen LogP contribution < -0.4 is 5.73 Å². The average molecular weight is 207 g/mol. The second-order valence-electron chi connectivity index (χ2n) is 2.28. The molecule has 1 aromatic rings. The maximum absolute atomic E-state index is 9.31. The number of aromatic nitrogens is 1. The van der Waals surface area contributed by atoms with E-state index in [0.717, 1.165) is 0 Å². The number of rotatable bonds is 2. The van der Waals surface area contributed by atoms with Crippen molar-refractivity contribution < 1.29 is 5.11 Å². The van der Waals surface area contributed by atoms with E-state index in [1.54, 1.807) is 0 Å². The molecule has 1 aromatic heterocycles. The number of nitrogens with zero attached hydrogens (tertiary/aromatic N) is 1. The Balaban J connectivity index is 3.01. The molecule has 0 radical (unpaired) electrons. The van der Waals surface area contributed by atoms with Gasteiger partial charge in [0.1, 0.15) is 5.15 Å². The van der Waals surface area contributed by atoms with Gasteiger partial charge >= 0.3 is 0 Å². The molecule has 5 heteroatoms. The summed E-state index contributed by atoms with van der Waals surface area (Å²) >= 11 is 11.3. The third-order valence-corrected chi connectivity index (χ3v) is 1.96. The fourth-order valence-electron chi connectivity index (χ4n) is 0.790. The summed E-state index contributed by atoms with van der Waals surface area (Å²) in [7, 11) is 0. The van der Waals surface area contributed by atoms with Crippen molar-refractivity contribution in [2.75, 3.05) is 6.54 Å². The van der Waals surface area contributed by atoms with Gasteiger partial charge in [0.15, 0.2) is 0 Å². The van der Waals surface area contributed by atoms with Gasteiger partial charge in [-0.1, -0.05) is 23.2 Å². The highest BCUT2D eigenvalue weighted by atomic mass is 35.5. The minimum Gasteiger partial charge on any atom is -0.387 e. The molecule has 66 valence electrons. The SMILES string of the molecule is NC[C@H](O)c1cnc(Cl)cc1Cl. The van der Waals surface area contributed by atoms with Crippen molar-refractivity contribution in [1.82, 2.24) is 4.98 Å². The molecule has 0 bridgehead atoms. The fourth-order valence-corrected chi connectivity index (χ4v) is 1.28. The quantitative estimate of drug-likeness (QED) is 0.720. The highest BCUT2D eigenvalue weighted by molar-refractivity contribution is 6.34. The lowest BCUT2D eigenvalue weighted by Crippen LogP contribution is -2.12. The number of aliphatic hydroxyl groups excluding tert-OH is 1. The van der Waals surface area contributed by atoms with Gasteiger partial charge in [0, 0.05) is 18.3 Å². The molecule has 0 saturated heterocycles. The number of pyridine rings is 1. The molecule has 0 spiro atoms. The number of nitrogens with two attached hydrogens (primary N) is 1. The predicted molar refractivity (Wildman–Crippen MR) is 48.3 cm³/mol. The molecule has 3 N–H and O–H groups in total. The lowest BCUT2D eigenvalue weighted by molar-refractivity contribution is 0.186. The van der Waals surface area contributed by atoms with E-state index in [4.69, 9.17) is 28.9 Å². The zero-order valence-electron chi connectivity index (χ0n) is 6.17. The summed E-state index contributed by atoms with van der Waals surface area (Å²) < 4.78 is 0. The van der Waals surface area contributed by atoms with Gasteiger partial charge in [-0.05, 0) is 6.07 Å². The van der Waals surface area contributed by atoms with Crippen molar-refractivity contribution in [2.45, 2.75) is 6.10 Å². The van der Waals surface area contributed by atoms with Gasteiger partial charge in [-0.25, -0.2) is 4.98 Å². The third-order valence-electron chi connectivity index (χ3n) is 1.43. The molecular formula is C7H8Cl2N2O. The normalized spacial score (nSPS) is 13.0. The first kappa shape index (κ1) is 9.74. The molecule has 0 amide bonds. The molecule has 1 heterocycles. The van der Waals surface area contributed by atoms with Crippen LogP contribution in [0.15, 0.2) is 12.3 Å². The molecular weight excluding hydrogens is 199 g/mol. The molecule has 0 unspecified atom stereocenters. The maximum atomic E-state index is 9.31. The van der Waals surface area contributed by atoms with E-state index in [1.807, 2.05) is 0 Å². The minimum atomic E-state index is -0.776. The van der Waals surface area contributed by atoms with Crippen LogP contribution in [0.25, 0.3) is 0 Å². The second kappa shape index (κ2) is 4.05. The summed E-state index contributed by atoms with van der Waals surface area (Å²) in [6, 6.07) is 1.47. The van der Waals surface area contributed by atoms with Crippen molar-refractivity contribution in [3.63, 3.8) is 0 Å². The summed E-state index contributed by atoms with van der Waals surface area (Å²) in [5.41, 5.74) is 5.74. The largest absolute Gasteiger partial charge is 0.387 e. The third kappa shape index (κ3) is 2.08. The first-order valence-electron chi connectivity index (χ1n) is 3.34. The van der Waals surface area contributed by atoms with Gasteiger partial charge < -0.3 is 10.8 Å². The van der Waals surface area contributed by atoms with Crippen LogP contribution in [-0.4, -0.2) is 16.6 Å². The average Bonchev–Trinajstić information content (AvgIpc) is 2.03. The van der Waals surface area contributed by atoms with Crippen molar-refractivity contribution >= 4 is 23.2 Å². The number of hydrogen-bond acceptors (Lipinski definition) is 3. The Labute approximate surface area is 80.1 Å². The summed E-state index contributed by atoms with van der Waals surface area (Å²) in [6.07, 6.45) is 0.643. The molecule has 1 rings (SSSR count). The molecule has 0 fully saturated rings. The fraction of sp³-hybridized carbons (Fsp3) is 0.286. The monoisotopic (exact) mass is 206 g/mol. The zero-order valence-corrected chi connectivity index (χ0v) is 7.68. The van der Waals surface area contributed by atoms with Crippen LogP contribution in [0.1, 0.15) is 11.7 Å². The first-order chi connectivity index (χ1) is 5.65. The van der Waals surface area contributed by atoms with Crippen LogP contribution in [0, 0.1) is 0 Å². The minimum absolute atomic E-state index is 0.114. The second-order valence-corrected chi connectivity index (χ2v) is 3.07. The van der Waals surface area contributed by atoms with Crippen LogP contribution >= 0.6 is 23.2 Å². The Kier molecular flexibility index (Phi) is 3.29. The Morgan fingerprint density at radius 2 is 2.25 bits per heavy atom. The Bertz CT molecular complexity index is 280. The molecule has 0 aliphatic carbocycles. The van der Waals surface area contributed by atoms with Crippen LogP contribution in [0.5, 0.6) is 0 Å². The van der Waals surface area contributed by atoms with Crippen molar-refractivity contribution in [3.05, 3.63) is 28.0 Å². The summed E-state index contributed by atoms with van der Waals surface area (Å²) in [5, 5.41) is 9.99. The van der Waals surface area contributed by atoms with Gasteiger partial charge in [0.05, 0.1) is 11.1 Å². The molecule has 0 aromatic carbocycles. The van der Waals surface area contributed by atoms with E-state index in [-0.39, 0.29) is 6.54 Å². The first-order valence-corrected chi connectivity index (χ1v) is 4.10. The molecule has 0 aliphatic heterocycles. The highest BCUT2D eigenvalue weighted by Crippen LogP contribution is 2.23. The number of aliphatic hydroxyl groups is 1. The number of hydrogen-bond donors (Lipinski definition) is 2. The Morgan fingerprint density at radius 1 is 1.58 bits per heavy atom. The zero-order chi connectivity index (χ0) is 9.14. The smallest absolute Gasteiger partial charge is 0.130 e. The standard InChI is InChI=1S/C7H8Cl2N2O/c8-5-1-7(9)11-3-4(5)6(12)2-10/h1,3,6,12H,2,10H2/t6-/m0/s1. The van der Waals surface area contributed by atoms with E-state index in [9.17, 15) is 5.11 Å². The summed E-state index contributed by atoms with van der Waals surface area (Å²) in [5.74, 6) is 0. The van der Waals surface area contributed by atoms with Crippen LogP contribution in [-0.2, 0) is 0 Å². The number of halogens is 2. The van der Waals surface area contributed by atoms with Crippen LogP contribution in [0.4, 0.5) is 0 Å². The van der Waals surface area contributed by atoms with Crippen molar-refractivity contribution in [1.29, 1.82) is 0 Å². The topological polar surface area (TPSA) is 59.1 Å². The van der Waals surface area contributed by atoms with E-state index in [0.29, 0.717) is 15.7 Å². The van der Waals surface area contributed by atoms with E-state index in [1.165, 1.54) is 12.3 Å². The lowest BCUT2D eigenvalue weighted by atomic mass is 10.2.